The number of benzene rings is 2. The number of carboxylic acids is 1. The molecule has 3 aromatic rings. The maximum atomic E-state index is 14.7. The quantitative estimate of drug-likeness (QED) is 0.122. The van der Waals surface area contributed by atoms with Crippen molar-refractivity contribution in [2.45, 2.75) is 129 Å². The van der Waals surface area contributed by atoms with Gasteiger partial charge in [-0.15, -0.1) is 0 Å². The number of H-pyrrole nitrogens is 1. The van der Waals surface area contributed by atoms with Crippen molar-refractivity contribution in [1.29, 1.82) is 0 Å². The zero-order valence-electron chi connectivity index (χ0n) is 37.5. The van der Waals surface area contributed by atoms with Crippen LogP contribution in [0.25, 0.3) is 10.9 Å². The summed E-state index contributed by atoms with van der Waals surface area (Å²) in [5.41, 5.74) is 2.10. The predicted molar refractivity (Wildman–Crippen MR) is 238 cm³/mol. The number of nitrogens with one attached hydrogen (secondary N) is 7. The minimum absolute atomic E-state index is 0.0128. The van der Waals surface area contributed by atoms with Gasteiger partial charge in [-0.3, -0.25) is 24.0 Å². The summed E-state index contributed by atoms with van der Waals surface area (Å²) in [5, 5.41) is 37.4. The highest BCUT2D eigenvalue weighted by molar-refractivity contribution is 5.97. The number of aliphatic carboxylic acids is 1. The Morgan fingerprint density at radius 3 is 2.19 bits per heavy atom. The number of phenolic OH excluding ortho intramolecular Hbond substituents is 1. The van der Waals surface area contributed by atoms with E-state index in [1.54, 1.807) is 39.1 Å². The molecule has 0 spiro atoms. The average molecular weight is 875 g/mol. The molecule has 2 aromatic carbocycles. The van der Waals surface area contributed by atoms with Crippen LogP contribution in [-0.4, -0.2) is 111 Å². The van der Waals surface area contributed by atoms with E-state index in [-0.39, 0.29) is 43.9 Å². The molecule has 9 N–H and O–H groups in total. The zero-order valence-corrected chi connectivity index (χ0v) is 37.5. The molecule has 8 atom stereocenters. The number of aromatic nitrogens is 1. The molecule has 0 saturated carbocycles. The van der Waals surface area contributed by atoms with Crippen molar-refractivity contribution >= 4 is 52.4 Å². The summed E-state index contributed by atoms with van der Waals surface area (Å²) in [5.74, 6) is -5.16. The summed E-state index contributed by atoms with van der Waals surface area (Å²) in [7, 11) is 1.47. The molecule has 63 heavy (non-hydrogen) atoms. The van der Waals surface area contributed by atoms with Gasteiger partial charge in [-0.25, -0.2) is 9.59 Å². The molecule has 7 amide bonds. The lowest BCUT2D eigenvalue weighted by Crippen LogP contribution is -2.61. The van der Waals surface area contributed by atoms with Gasteiger partial charge in [-0.1, -0.05) is 84.7 Å². The third-order valence-corrected chi connectivity index (χ3v) is 11.9. The third-order valence-electron chi connectivity index (χ3n) is 11.9. The van der Waals surface area contributed by atoms with E-state index in [9.17, 15) is 43.8 Å². The Morgan fingerprint density at radius 1 is 0.841 bits per heavy atom. The maximum Gasteiger partial charge on any atom is 0.326 e. The number of nitrogens with zero attached hydrogens (tertiary/aromatic N) is 1. The summed E-state index contributed by atoms with van der Waals surface area (Å²) in [6.45, 7) is 11.0. The molecule has 2 heterocycles. The van der Waals surface area contributed by atoms with E-state index in [2.05, 4.69) is 36.9 Å². The first kappa shape index (κ1) is 49.5. The Kier molecular flexibility index (Phi) is 18.4. The number of hydrogen-bond donors (Lipinski definition) is 9. The number of rotatable bonds is 13. The molecule has 0 unspecified atom stereocenters. The molecular weight excluding hydrogens is 809 g/mol. The smallest absolute Gasteiger partial charge is 0.326 e. The Bertz CT molecular complexity index is 2060. The van der Waals surface area contributed by atoms with Crippen LogP contribution >= 0.6 is 0 Å². The molecule has 17 heteroatoms. The molecule has 1 saturated heterocycles. The Balaban J connectivity index is 1.76. The summed E-state index contributed by atoms with van der Waals surface area (Å²) < 4.78 is 0. The first-order chi connectivity index (χ1) is 29.9. The number of phenols is 1. The Morgan fingerprint density at radius 2 is 1.54 bits per heavy atom. The molecular formula is C46H66N8O9. The number of hydrogen-bond acceptors (Lipinski definition) is 8. The number of carbonyl (C=O) groups is 7. The van der Waals surface area contributed by atoms with Crippen LogP contribution < -0.4 is 31.9 Å². The topological polar surface area (TPSA) is 251 Å². The van der Waals surface area contributed by atoms with Crippen LogP contribution in [0.1, 0.15) is 91.2 Å². The lowest BCUT2D eigenvalue weighted by atomic mass is 9.95. The fourth-order valence-corrected chi connectivity index (χ4v) is 7.69. The maximum absolute atomic E-state index is 14.7. The molecule has 0 bridgehead atoms. The third kappa shape index (κ3) is 13.9. The summed E-state index contributed by atoms with van der Waals surface area (Å²) in [6, 6.07) is 6.10. The van der Waals surface area contributed by atoms with E-state index >= 15 is 0 Å². The van der Waals surface area contributed by atoms with Gasteiger partial charge in [0.05, 0.1) is 0 Å². The van der Waals surface area contributed by atoms with Crippen LogP contribution in [0.5, 0.6) is 5.75 Å². The van der Waals surface area contributed by atoms with E-state index in [1.807, 2.05) is 51.1 Å². The average Bonchev–Trinajstić information content (AvgIpc) is 3.65. The highest BCUT2D eigenvalue weighted by Gasteiger charge is 2.38. The van der Waals surface area contributed by atoms with Gasteiger partial charge < -0.3 is 52.0 Å². The van der Waals surface area contributed by atoms with E-state index < -0.39 is 89.6 Å². The van der Waals surface area contributed by atoms with Crippen molar-refractivity contribution in [2.24, 2.45) is 17.8 Å². The number of aromatic hydroxyl groups is 1. The largest absolute Gasteiger partial charge is 0.508 e. The number of carboxylic acid groups (broad SMARTS) is 1. The molecule has 344 valence electrons. The van der Waals surface area contributed by atoms with Crippen molar-refractivity contribution in [1.82, 2.24) is 41.8 Å². The molecule has 17 nitrogen and oxygen atoms in total. The molecule has 1 aliphatic rings. The SMILES string of the molecule is CC[C@@H](C)[C@H](NC(=O)N[C@H]1CCCCNC(=O)[C@H](Cc2ccccc2)NC(=O)[C@H](Cc2c[nH]c3ccc(O)cc23)N(C)C(=O)[C@H](CC(C)C)NC(=O)[C@@H]([C@@H](C)CC)NC1=O)C(=O)O. The van der Waals surface area contributed by atoms with Gasteiger partial charge in [0.15, 0.2) is 0 Å². The Hall–Kier alpha value is -6.13. The fraction of sp³-hybridized carbons (Fsp3) is 0.543. The van der Waals surface area contributed by atoms with Gasteiger partial charge in [-0.05, 0) is 72.8 Å². The van der Waals surface area contributed by atoms with Crippen molar-refractivity contribution in [3.8, 4) is 5.75 Å². The van der Waals surface area contributed by atoms with Crippen LogP contribution in [0.2, 0.25) is 0 Å². The fourth-order valence-electron chi connectivity index (χ4n) is 7.69. The summed E-state index contributed by atoms with van der Waals surface area (Å²) in [6.07, 6.45) is 3.67. The summed E-state index contributed by atoms with van der Waals surface area (Å²) in [4.78, 5) is 101. The second-order valence-electron chi connectivity index (χ2n) is 17.2. The van der Waals surface area contributed by atoms with Crippen molar-refractivity contribution in [2.75, 3.05) is 13.6 Å². The van der Waals surface area contributed by atoms with E-state index in [1.165, 1.54) is 18.0 Å². The molecule has 1 fully saturated rings. The van der Waals surface area contributed by atoms with Gasteiger partial charge in [0.2, 0.25) is 29.5 Å². The number of amides is 7. The first-order valence-electron chi connectivity index (χ1n) is 22.0. The van der Waals surface area contributed by atoms with Crippen LogP contribution in [0.3, 0.4) is 0 Å². The number of fused-ring (bicyclic) bond motifs is 1. The second kappa shape index (κ2) is 23.4. The van der Waals surface area contributed by atoms with Gasteiger partial charge in [0.1, 0.15) is 42.0 Å². The zero-order chi connectivity index (χ0) is 46.4. The van der Waals surface area contributed by atoms with Crippen LogP contribution in [0.4, 0.5) is 4.79 Å². The predicted octanol–water partition coefficient (Wildman–Crippen LogP) is 3.50. The summed E-state index contributed by atoms with van der Waals surface area (Å²) >= 11 is 0. The lowest BCUT2D eigenvalue weighted by molar-refractivity contribution is -0.143. The first-order valence-corrected chi connectivity index (χ1v) is 22.0. The highest BCUT2D eigenvalue weighted by Crippen LogP contribution is 2.25. The van der Waals surface area contributed by atoms with Crippen LogP contribution in [0.15, 0.2) is 54.7 Å². The number of urea groups is 1. The van der Waals surface area contributed by atoms with E-state index in [4.69, 9.17) is 0 Å². The van der Waals surface area contributed by atoms with Gasteiger partial charge in [-0.2, -0.15) is 0 Å². The van der Waals surface area contributed by atoms with Gasteiger partial charge >= 0.3 is 12.0 Å². The normalized spacial score (nSPS) is 22.6. The number of likely N-dealkylation sites (N-methyl/N-ethyl adjacent to an activating group) is 1. The van der Waals surface area contributed by atoms with E-state index in [0.29, 0.717) is 42.1 Å². The molecule has 1 aliphatic heterocycles. The van der Waals surface area contributed by atoms with Crippen molar-refractivity contribution in [3.05, 3.63) is 65.9 Å². The lowest BCUT2D eigenvalue weighted by Gasteiger charge is -2.33. The van der Waals surface area contributed by atoms with Crippen molar-refractivity contribution in [3.63, 3.8) is 0 Å². The van der Waals surface area contributed by atoms with Crippen LogP contribution in [0, 0.1) is 17.8 Å². The molecule has 0 aliphatic carbocycles. The standard InChI is InChI=1S/C46H66N8O9/c1-8-27(5)38-43(59)50-36(21-26(3)4)44(60)54(7)37(23-30-25-48-33-19-18-31(55)24-32(30)33)42(58)49-35(22-29-15-11-10-12-16-29)40(56)47-20-14-13-17-34(41(57)52-38)51-46(63)53-39(45(61)62)28(6)9-2/h10-12,15-16,18-19,24-28,34-39,48,55H,8-9,13-14,17,20-23H2,1-7H3,(H,47,56)(H,49,58)(H,50,59)(H,52,57)(H,61,62)(H2,51,53,63)/t27-,28+,34-,35-,36-,37-,38+,39-/m0/s1. The van der Waals surface area contributed by atoms with E-state index in [0.717, 1.165) is 5.56 Å². The monoisotopic (exact) mass is 874 g/mol. The number of aromatic amines is 1. The Labute approximate surface area is 369 Å². The molecule has 4 rings (SSSR count). The molecule has 0 radical (unpaired) electrons. The van der Waals surface area contributed by atoms with Gasteiger partial charge in [0.25, 0.3) is 0 Å². The van der Waals surface area contributed by atoms with Gasteiger partial charge in [0, 0.05) is 43.5 Å². The number of carbonyl (C=O) groups excluding carboxylic acids is 6. The minimum atomic E-state index is -1.23. The van der Waals surface area contributed by atoms with Crippen molar-refractivity contribution < 1.29 is 43.8 Å². The molecule has 1 aromatic heterocycles. The highest BCUT2D eigenvalue weighted by atomic mass is 16.4. The minimum Gasteiger partial charge on any atom is -0.508 e. The second-order valence-corrected chi connectivity index (χ2v) is 17.2. The van der Waals surface area contributed by atoms with Crippen LogP contribution in [-0.2, 0) is 41.6 Å².